The molecule has 0 spiro atoms. The van der Waals surface area contributed by atoms with Crippen molar-refractivity contribution in [2.24, 2.45) is 11.7 Å². The summed E-state index contributed by atoms with van der Waals surface area (Å²) >= 11 is 0. The zero-order chi connectivity index (χ0) is 27.0. The van der Waals surface area contributed by atoms with E-state index in [1.54, 1.807) is 26.0 Å². The van der Waals surface area contributed by atoms with Crippen molar-refractivity contribution >= 4 is 29.7 Å². The second-order valence-electron chi connectivity index (χ2n) is 9.04. The minimum atomic E-state index is -1.52. The van der Waals surface area contributed by atoms with E-state index in [1.165, 1.54) is 17.0 Å². The molecule has 1 saturated heterocycles. The van der Waals surface area contributed by atoms with Crippen LogP contribution in [-0.2, 0) is 30.4 Å². The number of rotatable bonds is 12. The van der Waals surface area contributed by atoms with Gasteiger partial charge in [0.25, 0.3) is 0 Å². The SMILES string of the molecule is CCC(C)C(NC(=O)C(CC(=O)O)NC(=O)C1CCCN1C(=O)C(N)Cc1ccc(O)cc1)C(=O)O. The van der Waals surface area contributed by atoms with E-state index in [0.29, 0.717) is 19.3 Å². The molecule has 5 atom stereocenters. The average Bonchev–Trinajstić information content (AvgIpc) is 3.32. The summed E-state index contributed by atoms with van der Waals surface area (Å²) in [4.78, 5) is 63.0. The summed E-state index contributed by atoms with van der Waals surface area (Å²) in [5.41, 5.74) is 6.81. The lowest BCUT2D eigenvalue weighted by molar-refractivity contribution is -0.145. The summed E-state index contributed by atoms with van der Waals surface area (Å²) in [6.45, 7) is 3.65. The van der Waals surface area contributed by atoms with Gasteiger partial charge < -0.3 is 36.6 Å². The van der Waals surface area contributed by atoms with Gasteiger partial charge >= 0.3 is 11.9 Å². The number of hydrogen-bond donors (Lipinski definition) is 6. The number of carboxylic acids is 2. The lowest BCUT2D eigenvalue weighted by atomic mass is 9.98. The molecule has 12 heteroatoms. The zero-order valence-corrected chi connectivity index (χ0v) is 20.3. The first-order valence-electron chi connectivity index (χ1n) is 11.8. The van der Waals surface area contributed by atoms with Crippen LogP contribution < -0.4 is 16.4 Å². The van der Waals surface area contributed by atoms with E-state index in [-0.39, 0.29) is 18.7 Å². The van der Waals surface area contributed by atoms with Gasteiger partial charge in [-0.15, -0.1) is 0 Å². The first-order chi connectivity index (χ1) is 16.9. The van der Waals surface area contributed by atoms with Crippen LogP contribution in [-0.4, -0.2) is 80.6 Å². The molecule has 1 aliphatic heterocycles. The van der Waals surface area contributed by atoms with Crippen LogP contribution in [0.2, 0.25) is 0 Å². The number of aromatic hydroxyl groups is 1. The predicted octanol–water partition coefficient (Wildman–Crippen LogP) is -0.172. The molecule has 0 saturated carbocycles. The van der Waals surface area contributed by atoms with Gasteiger partial charge in [0.05, 0.1) is 12.5 Å². The minimum Gasteiger partial charge on any atom is -0.508 e. The van der Waals surface area contributed by atoms with Gasteiger partial charge in [0.1, 0.15) is 23.9 Å². The maximum atomic E-state index is 13.0. The molecule has 1 aliphatic rings. The number of amides is 3. The Hall–Kier alpha value is -3.67. The van der Waals surface area contributed by atoms with Gasteiger partial charge in [0.15, 0.2) is 0 Å². The third kappa shape index (κ3) is 7.67. The quantitative estimate of drug-likeness (QED) is 0.223. The molecular weight excluding hydrogens is 472 g/mol. The largest absolute Gasteiger partial charge is 0.508 e. The van der Waals surface area contributed by atoms with Crippen LogP contribution in [0.1, 0.15) is 45.1 Å². The maximum Gasteiger partial charge on any atom is 0.326 e. The van der Waals surface area contributed by atoms with Gasteiger partial charge in [-0.1, -0.05) is 32.4 Å². The molecule has 0 radical (unpaired) electrons. The summed E-state index contributed by atoms with van der Waals surface area (Å²) in [5, 5.41) is 32.8. The minimum absolute atomic E-state index is 0.0775. The number of hydrogen-bond acceptors (Lipinski definition) is 7. The molecule has 1 aromatic rings. The Kier molecular flexibility index (Phi) is 10.2. The van der Waals surface area contributed by atoms with Gasteiger partial charge in [-0.05, 0) is 42.9 Å². The molecule has 12 nitrogen and oxygen atoms in total. The highest BCUT2D eigenvalue weighted by molar-refractivity contribution is 5.96. The average molecular weight is 507 g/mol. The smallest absolute Gasteiger partial charge is 0.326 e. The first-order valence-corrected chi connectivity index (χ1v) is 11.8. The fourth-order valence-electron chi connectivity index (χ4n) is 4.08. The second kappa shape index (κ2) is 12.9. The monoisotopic (exact) mass is 506 g/mol. The number of carbonyl (C=O) groups is 5. The molecule has 36 heavy (non-hydrogen) atoms. The highest BCUT2D eigenvalue weighted by Gasteiger charge is 2.38. The normalized spacial score (nSPS) is 18.5. The van der Waals surface area contributed by atoms with E-state index < -0.39 is 66.2 Å². The van der Waals surface area contributed by atoms with Gasteiger partial charge in [0, 0.05) is 6.54 Å². The van der Waals surface area contributed by atoms with Crippen molar-refractivity contribution in [1.82, 2.24) is 15.5 Å². The van der Waals surface area contributed by atoms with Gasteiger partial charge in [-0.2, -0.15) is 0 Å². The van der Waals surface area contributed by atoms with E-state index in [9.17, 15) is 39.3 Å². The molecule has 1 heterocycles. The lowest BCUT2D eigenvalue weighted by Gasteiger charge is -2.29. The molecule has 198 valence electrons. The number of phenols is 1. The molecule has 0 aromatic heterocycles. The standard InChI is InChI=1S/C24H34N4O8/c1-3-13(2)20(24(35)36)27-21(32)17(12-19(30)31)26-22(33)18-5-4-10-28(18)23(34)16(25)11-14-6-8-15(29)9-7-14/h6-9,13,16-18,20,29H,3-5,10-12,25H2,1-2H3,(H,26,33)(H,27,32)(H,30,31)(H,35,36). The van der Waals surface area contributed by atoms with Crippen molar-refractivity contribution < 1.29 is 39.3 Å². The molecule has 0 bridgehead atoms. The van der Waals surface area contributed by atoms with Crippen molar-refractivity contribution in [3.05, 3.63) is 29.8 Å². The van der Waals surface area contributed by atoms with Crippen molar-refractivity contribution in [3.8, 4) is 5.75 Å². The molecule has 1 aromatic carbocycles. The summed E-state index contributed by atoms with van der Waals surface area (Å²) < 4.78 is 0. The molecule has 3 amide bonds. The number of nitrogens with one attached hydrogen (secondary N) is 2. The molecule has 0 aliphatic carbocycles. The van der Waals surface area contributed by atoms with E-state index >= 15 is 0 Å². The van der Waals surface area contributed by atoms with Crippen molar-refractivity contribution in [3.63, 3.8) is 0 Å². The number of carboxylic acid groups (broad SMARTS) is 2. The Morgan fingerprint density at radius 3 is 2.31 bits per heavy atom. The molecule has 5 unspecified atom stereocenters. The summed E-state index contributed by atoms with van der Waals surface area (Å²) in [5.74, 6) is -5.09. The number of benzene rings is 1. The van der Waals surface area contributed by atoms with Crippen molar-refractivity contribution in [2.45, 2.75) is 70.1 Å². The Balaban J connectivity index is 2.10. The highest BCUT2D eigenvalue weighted by atomic mass is 16.4. The van der Waals surface area contributed by atoms with Crippen LogP contribution in [0.4, 0.5) is 0 Å². The Morgan fingerprint density at radius 1 is 1.11 bits per heavy atom. The van der Waals surface area contributed by atoms with E-state index in [4.69, 9.17) is 5.73 Å². The summed E-state index contributed by atoms with van der Waals surface area (Å²) in [6.07, 6.45) is 0.693. The molecular formula is C24H34N4O8. The van der Waals surface area contributed by atoms with Crippen LogP contribution in [0, 0.1) is 5.92 Å². The number of likely N-dealkylation sites (tertiary alicyclic amines) is 1. The fraction of sp³-hybridized carbons (Fsp3) is 0.542. The Morgan fingerprint density at radius 2 is 1.75 bits per heavy atom. The maximum absolute atomic E-state index is 13.0. The first kappa shape index (κ1) is 28.6. The second-order valence-corrected chi connectivity index (χ2v) is 9.04. The number of nitrogens with zero attached hydrogens (tertiary/aromatic N) is 1. The lowest BCUT2D eigenvalue weighted by Crippen LogP contribution is -2.57. The summed E-state index contributed by atoms with van der Waals surface area (Å²) in [6, 6.07) is 1.54. The number of nitrogens with two attached hydrogens (primary N) is 1. The third-order valence-electron chi connectivity index (χ3n) is 6.34. The third-order valence-corrected chi connectivity index (χ3v) is 6.34. The van der Waals surface area contributed by atoms with Crippen molar-refractivity contribution in [1.29, 1.82) is 0 Å². The topological polar surface area (TPSA) is 199 Å². The fourth-order valence-corrected chi connectivity index (χ4v) is 4.08. The molecule has 1 fully saturated rings. The van der Waals surface area contributed by atoms with E-state index in [1.807, 2.05) is 0 Å². The Bertz CT molecular complexity index is 967. The highest BCUT2D eigenvalue weighted by Crippen LogP contribution is 2.20. The number of phenolic OH excluding ortho intramolecular Hbond substituents is 1. The van der Waals surface area contributed by atoms with Crippen molar-refractivity contribution in [2.75, 3.05) is 6.54 Å². The van der Waals surface area contributed by atoms with Crippen LogP contribution in [0.3, 0.4) is 0 Å². The predicted molar refractivity (Wildman–Crippen MR) is 128 cm³/mol. The molecule has 7 N–H and O–H groups in total. The van der Waals surface area contributed by atoms with E-state index in [0.717, 1.165) is 5.56 Å². The summed E-state index contributed by atoms with van der Waals surface area (Å²) in [7, 11) is 0. The van der Waals surface area contributed by atoms with Crippen LogP contribution in [0.25, 0.3) is 0 Å². The van der Waals surface area contributed by atoms with Gasteiger partial charge in [0.2, 0.25) is 17.7 Å². The van der Waals surface area contributed by atoms with Crippen LogP contribution >= 0.6 is 0 Å². The van der Waals surface area contributed by atoms with Gasteiger partial charge in [-0.3, -0.25) is 19.2 Å². The van der Waals surface area contributed by atoms with E-state index in [2.05, 4.69) is 10.6 Å². The van der Waals surface area contributed by atoms with Crippen LogP contribution in [0.15, 0.2) is 24.3 Å². The van der Waals surface area contributed by atoms with Crippen LogP contribution in [0.5, 0.6) is 5.75 Å². The number of carbonyl (C=O) groups excluding carboxylic acids is 3. The Labute approximate surface area is 208 Å². The van der Waals surface area contributed by atoms with Gasteiger partial charge in [-0.25, -0.2) is 4.79 Å². The number of aliphatic carboxylic acids is 2. The zero-order valence-electron chi connectivity index (χ0n) is 20.3. The molecule has 2 rings (SSSR count).